The van der Waals surface area contributed by atoms with Crippen molar-refractivity contribution in [3.8, 4) is 0 Å². The van der Waals surface area contributed by atoms with Gasteiger partial charge < -0.3 is 19.8 Å². The molecule has 0 aromatic carbocycles. The third-order valence-corrected chi connectivity index (χ3v) is 15.3. The van der Waals surface area contributed by atoms with E-state index in [9.17, 15) is 19.4 Å². The maximum Gasteiger partial charge on any atom is 0.472 e. The Hall–Kier alpha value is -1.28. The van der Waals surface area contributed by atoms with Gasteiger partial charge in [0.05, 0.1) is 39.9 Å². The molecule has 0 fully saturated rings. The molecule has 0 rings (SSSR count). The Kier molecular flexibility index (Phi) is 53.5. The lowest BCUT2D eigenvalue weighted by Crippen LogP contribution is -2.45. The van der Waals surface area contributed by atoms with Gasteiger partial charge in [-0.15, -0.1) is 0 Å². The number of nitrogens with one attached hydrogen (secondary N) is 1. The van der Waals surface area contributed by atoms with Gasteiger partial charge in [-0.1, -0.05) is 288 Å². The van der Waals surface area contributed by atoms with Crippen LogP contribution in [0.15, 0.2) is 36.5 Å². The first-order valence-electron chi connectivity index (χ1n) is 31.4. The first-order chi connectivity index (χ1) is 35.0. The number of carbonyl (C=O) groups is 1. The van der Waals surface area contributed by atoms with E-state index in [1.807, 2.05) is 27.2 Å². The molecule has 0 aromatic heterocycles. The van der Waals surface area contributed by atoms with Crippen molar-refractivity contribution in [1.82, 2.24) is 5.32 Å². The minimum Gasteiger partial charge on any atom is -0.387 e. The zero-order chi connectivity index (χ0) is 52.7. The number of likely N-dealkylation sites (N-methyl/N-ethyl adjacent to an activating group) is 1. The quantitative estimate of drug-likeness (QED) is 0.0243. The lowest BCUT2D eigenvalue weighted by atomic mass is 10.0. The van der Waals surface area contributed by atoms with E-state index in [2.05, 4.69) is 43.5 Å². The summed E-state index contributed by atoms with van der Waals surface area (Å²) in [6.07, 6.45) is 71.7. The molecule has 0 aliphatic rings. The molecule has 3 N–H and O–H groups in total. The van der Waals surface area contributed by atoms with Crippen molar-refractivity contribution in [2.75, 3.05) is 40.9 Å². The van der Waals surface area contributed by atoms with Crippen LogP contribution in [0.3, 0.4) is 0 Å². The molecule has 72 heavy (non-hydrogen) atoms. The van der Waals surface area contributed by atoms with Crippen molar-refractivity contribution < 1.29 is 32.9 Å². The number of aliphatic hydroxyl groups excluding tert-OH is 1. The van der Waals surface area contributed by atoms with Crippen LogP contribution in [0.4, 0.5) is 0 Å². The number of nitrogens with zero attached hydrogens (tertiary/aromatic N) is 1. The Balaban J connectivity index is 3.74. The monoisotopic (exact) mass is 1040 g/mol. The summed E-state index contributed by atoms with van der Waals surface area (Å²) in [6.45, 7) is 4.80. The van der Waals surface area contributed by atoms with Crippen LogP contribution in [-0.2, 0) is 18.4 Å². The number of phosphoric acid groups is 1. The first-order valence-corrected chi connectivity index (χ1v) is 32.9. The van der Waals surface area contributed by atoms with Crippen molar-refractivity contribution in [2.45, 2.75) is 321 Å². The Morgan fingerprint density at radius 3 is 1.14 bits per heavy atom. The minimum absolute atomic E-state index is 0.0634. The van der Waals surface area contributed by atoms with Gasteiger partial charge in [0.2, 0.25) is 5.91 Å². The van der Waals surface area contributed by atoms with E-state index in [4.69, 9.17) is 9.05 Å². The summed E-state index contributed by atoms with van der Waals surface area (Å²) in [5.74, 6) is -0.174. The fourth-order valence-corrected chi connectivity index (χ4v) is 10.2. The first kappa shape index (κ1) is 70.7. The van der Waals surface area contributed by atoms with E-state index in [1.165, 1.54) is 244 Å². The zero-order valence-electron chi connectivity index (χ0n) is 48.7. The molecular formula is C63H124N2O6P+. The standard InChI is InChI=1S/C63H123N2O6P/c1-6-8-10-12-14-16-17-18-19-20-21-22-23-24-25-26-27-28-29-30-31-32-33-34-35-36-37-38-39-40-41-42-43-44-45-46-47-49-51-53-55-57-63(67)64-61(60-71-72(68,69)70-59-58-65(3,4)5)62(66)56-54-52-50-48-15-13-11-9-7-2/h17-18,20-21,54,56,61-62,66H,6-16,19,22-53,55,57-60H2,1-5H3,(H-,64,67,68,69)/p+1/b18-17-,21-20-,56-54+. The van der Waals surface area contributed by atoms with E-state index in [0.717, 1.165) is 44.9 Å². The molecule has 0 aromatic rings. The van der Waals surface area contributed by atoms with Crippen LogP contribution in [0.1, 0.15) is 309 Å². The number of carbonyl (C=O) groups excluding carboxylic acids is 1. The van der Waals surface area contributed by atoms with Gasteiger partial charge in [-0.3, -0.25) is 13.8 Å². The highest BCUT2D eigenvalue weighted by atomic mass is 31.2. The fraction of sp³-hybridized carbons (Fsp3) is 0.889. The van der Waals surface area contributed by atoms with Crippen LogP contribution in [0, 0.1) is 0 Å². The average Bonchev–Trinajstić information content (AvgIpc) is 3.34. The molecule has 0 spiro atoms. The Morgan fingerprint density at radius 1 is 0.472 bits per heavy atom. The predicted octanol–water partition coefficient (Wildman–Crippen LogP) is 19.3. The summed E-state index contributed by atoms with van der Waals surface area (Å²) in [6, 6.07) is -0.841. The molecule has 9 heteroatoms. The maximum absolute atomic E-state index is 12.9. The highest BCUT2D eigenvalue weighted by molar-refractivity contribution is 7.47. The van der Waals surface area contributed by atoms with E-state index < -0.39 is 20.0 Å². The maximum atomic E-state index is 12.9. The van der Waals surface area contributed by atoms with Crippen LogP contribution in [0.25, 0.3) is 0 Å². The van der Waals surface area contributed by atoms with E-state index >= 15 is 0 Å². The second kappa shape index (κ2) is 54.5. The largest absolute Gasteiger partial charge is 0.472 e. The molecule has 3 unspecified atom stereocenters. The summed E-state index contributed by atoms with van der Waals surface area (Å²) in [4.78, 5) is 23.2. The van der Waals surface area contributed by atoms with Gasteiger partial charge in [0, 0.05) is 6.42 Å². The number of hydrogen-bond acceptors (Lipinski definition) is 5. The molecule has 1 amide bonds. The van der Waals surface area contributed by atoms with Crippen molar-refractivity contribution >= 4 is 13.7 Å². The van der Waals surface area contributed by atoms with Crippen molar-refractivity contribution in [1.29, 1.82) is 0 Å². The van der Waals surface area contributed by atoms with Crippen molar-refractivity contribution in [2.24, 2.45) is 0 Å². The van der Waals surface area contributed by atoms with Gasteiger partial charge in [-0.25, -0.2) is 4.57 Å². The molecular weight excluding hydrogens is 912 g/mol. The number of quaternary nitrogens is 1. The molecule has 0 aliphatic heterocycles. The normalized spacial score (nSPS) is 14.0. The van der Waals surface area contributed by atoms with Crippen LogP contribution >= 0.6 is 7.82 Å². The summed E-state index contributed by atoms with van der Waals surface area (Å²) < 4.78 is 23.6. The summed E-state index contributed by atoms with van der Waals surface area (Å²) >= 11 is 0. The topological polar surface area (TPSA) is 105 Å². The average molecular weight is 1040 g/mol. The van der Waals surface area contributed by atoms with E-state index in [-0.39, 0.29) is 19.1 Å². The number of allylic oxidation sites excluding steroid dienone is 5. The highest BCUT2D eigenvalue weighted by Crippen LogP contribution is 2.43. The number of amides is 1. The Labute approximate surface area is 448 Å². The van der Waals surface area contributed by atoms with E-state index in [0.29, 0.717) is 17.4 Å². The number of hydrogen-bond donors (Lipinski definition) is 3. The number of phosphoric ester groups is 1. The van der Waals surface area contributed by atoms with E-state index in [1.54, 1.807) is 6.08 Å². The molecule has 8 nitrogen and oxygen atoms in total. The van der Waals surface area contributed by atoms with Gasteiger partial charge in [0.25, 0.3) is 0 Å². The number of rotatable bonds is 58. The Morgan fingerprint density at radius 2 is 0.792 bits per heavy atom. The van der Waals surface area contributed by atoms with Crippen LogP contribution in [-0.4, -0.2) is 73.4 Å². The van der Waals surface area contributed by atoms with Crippen LogP contribution in [0.2, 0.25) is 0 Å². The second-order valence-corrected chi connectivity index (χ2v) is 24.2. The van der Waals surface area contributed by atoms with Crippen LogP contribution < -0.4 is 5.32 Å². The lowest BCUT2D eigenvalue weighted by Gasteiger charge is -2.25. The van der Waals surface area contributed by atoms with Gasteiger partial charge in [-0.2, -0.15) is 0 Å². The molecule has 0 heterocycles. The zero-order valence-corrected chi connectivity index (χ0v) is 49.6. The molecule has 0 saturated carbocycles. The molecule has 426 valence electrons. The number of aliphatic hydroxyl groups is 1. The van der Waals surface area contributed by atoms with Gasteiger partial charge in [0.1, 0.15) is 13.2 Å². The molecule has 0 bridgehead atoms. The highest BCUT2D eigenvalue weighted by Gasteiger charge is 2.27. The minimum atomic E-state index is -4.33. The van der Waals surface area contributed by atoms with Gasteiger partial charge in [0.15, 0.2) is 0 Å². The van der Waals surface area contributed by atoms with Gasteiger partial charge in [-0.05, 0) is 51.4 Å². The summed E-state index contributed by atoms with van der Waals surface area (Å²) in [7, 11) is 1.58. The molecule has 3 atom stereocenters. The number of unbranched alkanes of at least 4 members (excludes halogenated alkanes) is 41. The lowest BCUT2D eigenvalue weighted by molar-refractivity contribution is -0.870. The third-order valence-electron chi connectivity index (χ3n) is 14.4. The predicted molar refractivity (Wildman–Crippen MR) is 314 cm³/mol. The molecule has 0 radical (unpaired) electrons. The summed E-state index contributed by atoms with van der Waals surface area (Å²) in [5, 5.41) is 13.8. The fourth-order valence-electron chi connectivity index (χ4n) is 9.43. The second-order valence-electron chi connectivity index (χ2n) is 22.8. The van der Waals surface area contributed by atoms with Gasteiger partial charge >= 0.3 is 7.82 Å². The SMILES string of the molecule is CCCCCCC/C=C\C/C=C\CCCCCCCCCCCCCCCCCCCCCCCCCCCCCCCC(=O)NC(COP(=O)(O)OCC[N+](C)(C)C)C(O)/C=C/CCCCCCCCC. The summed E-state index contributed by atoms with van der Waals surface area (Å²) in [5.41, 5.74) is 0. The Bertz CT molecular complexity index is 1270. The smallest absolute Gasteiger partial charge is 0.387 e. The molecule has 0 saturated heterocycles. The third kappa shape index (κ3) is 56.4. The van der Waals surface area contributed by atoms with Crippen molar-refractivity contribution in [3.63, 3.8) is 0 Å². The molecule has 0 aliphatic carbocycles. The van der Waals surface area contributed by atoms with Crippen molar-refractivity contribution in [3.05, 3.63) is 36.5 Å². The van der Waals surface area contributed by atoms with Crippen LogP contribution in [0.5, 0.6) is 0 Å².